The summed E-state index contributed by atoms with van der Waals surface area (Å²) in [4.78, 5) is 20.2. The molecule has 1 N–H and O–H groups in total. The highest BCUT2D eigenvalue weighted by Crippen LogP contribution is 2.31. The number of nitrogens with one attached hydrogen (secondary N) is 1. The first-order valence-electron chi connectivity index (χ1n) is 9.63. The number of amides is 1. The second-order valence-electron chi connectivity index (χ2n) is 7.11. The summed E-state index contributed by atoms with van der Waals surface area (Å²) in [7, 11) is 0. The van der Waals surface area contributed by atoms with E-state index in [2.05, 4.69) is 15.3 Å². The molecule has 3 rings (SSSR count). The molecule has 0 spiro atoms. The fourth-order valence-electron chi connectivity index (χ4n) is 3.19. The molecule has 1 saturated carbocycles. The largest absolute Gasteiger partial charge is 0.472 e. The van der Waals surface area contributed by atoms with E-state index in [-0.39, 0.29) is 30.0 Å². The smallest absolute Gasteiger partial charge is 0.276 e. The Morgan fingerprint density at radius 3 is 2.62 bits per heavy atom. The fourth-order valence-corrected chi connectivity index (χ4v) is 4.04. The van der Waals surface area contributed by atoms with Gasteiger partial charge in [0.1, 0.15) is 11.6 Å². The standard InChI is InChI=1S/C19H25F2N3O4S/c1-11(22-12(2)25)9-26-13-3-5-14(6-4-13)28-19-23-15-7-8-17(24-18(15)29-19)27-10-16(20)21/h7-8,11,13-14,16H,3-6,9-10H2,1-2H3,(H,22,25)/t11-,13?,14?/m0/s1. The molecule has 1 atom stereocenters. The number of carbonyl (C=O) groups excluding carboxylic acids is 1. The topological polar surface area (TPSA) is 82.6 Å². The van der Waals surface area contributed by atoms with Gasteiger partial charge in [-0.1, -0.05) is 11.3 Å². The number of thiazole rings is 1. The molecule has 0 aliphatic heterocycles. The maximum absolute atomic E-state index is 12.3. The van der Waals surface area contributed by atoms with Crippen molar-refractivity contribution in [2.45, 2.75) is 64.2 Å². The van der Waals surface area contributed by atoms with E-state index in [1.165, 1.54) is 24.3 Å². The molecule has 0 aromatic carbocycles. The first kappa shape index (κ1) is 21.6. The lowest BCUT2D eigenvalue weighted by atomic mass is 9.95. The number of carbonyl (C=O) groups is 1. The van der Waals surface area contributed by atoms with Crippen LogP contribution in [0.25, 0.3) is 10.3 Å². The van der Waals surface area contributed by atoms with E-state index < -0.39 is 13.0 Å². The predicted molar refractivity (Wildman–Crippen MR) is 105 cm³/mol. The molecular weight excluding hydrogens is 404 g/mol. The van der Waals surface area contributed by atoms with Crippen molar-refractivity contribution in [3.8, 4) is 11.1 Å². The molecule has 0 unspecified atom stereocenters. The number of rotatable bonds is 9. The van der Waals surface area contributed by atoms with Gasteiger partial charge < -0.3 is 19.5 Å². The maximum Gasteiger partial charge on any atom is 0.276 e. The van der Waals surface area contributed by atoms with E-state index in [1.54, 1.807) is 6.07 Å². The second kappa shape index (κ2) is 10.1. The Morgan fingerprint density at radius 1 is 1.21 bits per heavy atom. The summed E-state index contributed by atoms with van der Waals surface area (Å²) >= 11 is 1.28. The molecule has 29 heavy (non-hydrogen) atoms. The van der Waals surface area contributed by atoms with Crippen LogP contribution in [0.1, 0.15) is 39.5 Å². The summed E-state index contributed by atoms with van der Waals surface area (Å²) in [6, 6.07) is 3.21. The zero-order valence-corrected chi connectivity index (χ0v) is 17.2. The Kier molecular flexibility index (Phi) is 7.54. The summed E-state index contributed by atoms with van der Waals surface area (Å²) in [6.45, 7) is 3.22. The van der Waals surface area contributed by atoms with Gasteiger partial charge in [0, 0.05) is 19.0 Å². The Hall–Kier alpha value is -2.07. The van der Waals surface area contributed by atoms with Crippen LogP contribution in [-0.4, -0.2) is 53.8 Å². The number of hydrogen-bond donors (Lipinski definition) is 1. The minimum absolute atomic E-state index is 0.00807. The highest BCUT2D eigenvalue weighted by atomic mass is 32.1. The van der Waals surface area contributed by atoms with Crippen molar-refractivity contribution in [1.29, 1.82) is 0 Å². The number of alkyl halides is 2. The zero-order chi connectivity index (χ0) is 20.8. The van der Waals surface area contributed by atoms with Gasteiger partial charge in [0.15, 0.2) is 11.4 Å². The van der Waals surface area contributed by atoms with Crippen LogP contribution in [0.2, 0.25) is 0 Å². The van der Waals surface area contributed by atoms with Gasteiger partial charge in [-0.3, -0.25) is 4.79 Å². The van der Waals surface area contributed by atoms with E-state index >= 15 is 0 Å². The summed E-state index contributed by atoms with van der Waals surface area (Å²) in [5, 5.41) is 3.32. The van der Waals surface area contributed by atoms with Gasteiger partial charge >= 0.3 is 0 Å². The van der Waals surface area contributed by atoms with Crippen molar-refractivity contribution in [1.82, 2.24) is 15.3 Å². The van der Waals surface area contributed by atoms with Crippen molar-refractivity contribution in [2.24, 2.45) is 0 Å². The molecule has 7 nitrogen and oxygen atoms in total. The lowest BCUT2D eigenvalue weighted by molar-refractivity contribution is -0.120. The van der Waals surface area contributed by atoms with Crippen LogP contribution < -0.4 is 14.8 Å². The molecule has 2 aromatic heterocycles. The molecule has 1 aliphatic rings. The molecule has 0 saturated heterocycles. The van der Waals surface area contributed by atoms with E-state index in [0.29, 0.717) is 22.1 Å². The van der Waals surface area contributed by atoms with Crippen molar-refractivity contribution < 1.29 is 27.8 Å². The number of fused-ring (bicyclic) bond motifs is 1. The summed E-state index contributed by atoms with van der Waals surface area (Å²) in [6.07, 6.45) is 1.14. The summed E-state index contributed by atoms with van der Waals surface area (Å²) in [5.41, 5.74) is 0.651. The lowest BCUT2D eigenvalue weighted by Crippen LogP contribution is -2.36. The van der Waals surface area contributed by atoms with Crippen molar-refractivity contribution in [2.75, 3.05) is 13.2 Å². The summed E-state index contributed by atoms with van der Waals surface area (Å²) < 4.78 is 41.3. The van der Waals surface area contributed by atoms with Gasteiger partial charge in [0.2, 0.25) is 11.8 Å². The Balaban J connectivity index is 1.46. The molecule has 160 valence electrons. The third kappa shape index (κ3) is 6.74. The molecule has 10 heteroatoms. The molecule has 2 heterocycles. The quantitative estimate of drug-likeness (QED) is 0.656. The predicted octanol–water partition coefficient (Wildman–Crippen LogP) is 3.57. The maximum atomic E-state index is 12.3. The summed E-state index contributed by atoms with van der Waals surface area (Å²) in [5.74, 6) is 0.0929. The number of nitrogens with zero attached hydrogens (tertiary/aromatic N) is 2. The highest BCUT2D eigenvalue weighted by Gasteiger charge is 2.24. The van der Waals surface area contributed by atoms with Gasteiger partial charge in [0.05, 0.1) is 12.7 Å². The zero-order valence-electron chi connectivity index (χ0n) is 16.4. The van der Waals surface area contributed by atoms with Gasteiger partial charge in [0.25, 0.3) is 11.6 Å². The molecule has 0 radical (unpaired) electrons. The SMILES string of the molecule is CC(=O)N[C@@H](C)COC1CCC(Oc2nc3ccc(OCC(F)F)nc3s2)CC1. The molecule has 2 aromatic rings. The fraction of sp³-hybridized carbons (Fsp3) is 0.632. The number of halogens is 2. The number of hydrogen-bond acceptors (Lipinski definition) is 7. The monoisotopic (exact) mass is 429 g/mol. The second-order valence-corrected chi connectivity index (χ2v) is 8.05. The van der Waals surface area contributed by atoms with Crippen LogP contribution >= 0.6 is 11.3 Å². The van der Waals surface area contributed by atoms with E-state index in [9.17, 15) is 13.6 Å². The van der Waals surface area contributed by atoms with Crippen molar-refractivity contribution in [3.63, 3.8) is 0 Å². The first-order chi connectivity index (χ1) is 13.9. The highest BCUT2D eigenvalue weighted by molar-refractivity contribution is 7.19. The normalized spacial score (nSPS) is 20.6. The molecule has 1 fully saturated rings. The van der Waals surface area contributed by atoms with Crippen LogP contribution in [0.5, 0.6) is 11.1 Å². The third-order valence-electron chi connectivity index (χ3n) is 4.49. The van der Waals surface area contributed by atoms with Crippen molar-refractivity contribution >= 4 is 27.6 Å². The van der Waals surface area contributed by atoms with Gasteiger partial charge in [-0.15, -0.1) is 0 Å². The van der Waals surface area contributed by atoms with Crippen LogP contribution in [0.15, 0.2) is 12.1 Å². The van der Waals surface area contributed by atoms with Gasteiger partial charge in [-0.25, -0.2) is 18.7 Å². The molecule has 0 bridgehead atoms. The molecule has 1 amide bonds. The third-order valence-corrected chi connectivity index (χ3v) is 5.34. The van der Waals surface area contributed by atoms with Crippen molar-refractivity contribution in [3.05, 3.63) is 12.1 Å². The lowest BCUT2D eigenvalue weighted by Gasteiger charge is -2.29. The van der Waals surface area contributed by atoms with Crippen LogP contribution in [0.3, 0.4) is 0 Å². The van der Waals surface area contributed by atoms with E-state index in [0.717, 1.165) is 25.7 Å². The van der Waals surface area contributed by atoms with E-state index in [1.807, 2.05) is 6.92 Å². The first-order valence-corrected chi connectivity index (χ1v) is 10.4. The van der Waals surface area contributed by atoms with Crippen LogP contribution in [-0.2, 0) is 9.53 Å². The van der Waals surface area contributed by atoms with E-state index in [4.69, 9.17) is 14.2 Å². The average Bonchev–Trinajstić information content (AvgIpc) is 3.06. The minimum atomic E-state index is -2.54. The van der Waals surface area contributed by atoms with Gasteiger partial charge in [-0.05, 0) is 38.7 Å². The van der Waals surface area contributed by atoms with Gasteiger partial charge in [-0.2, -0.15) is 0 Å². The minimum Gasteiger partial charge on any atom is -0.472 e. The van der Waals surface area contributed by atoms with Crippen LogP contribution in [0, 0.1) is 0 Å². The number of ether oxygens (including phenoxy) is 3. The molecular formula is C19H25F2N3O4S. The average molecular weight is 429 g/mol. The molecule has 1 aliphatic carbocycles. The van der Waals surface area contributed by atoms with Crippen LogP contribution in [0.4, 0.5) is 8.78 Å². The number of aromatic nitrogens is 2. The Bertz CT molecular complexity index is 812. The Labute approximate surface area is 171 Å². The Morgan fingerprint density at radius 2 is 1.93 bits per heavy atom. The number of pyridine rings is 1.